The lowest BCUT2D eigenvalue weighted by Crippen LogP contribution is -2.13. The van der Waals surface area contributed by atoms with Gasteiger partial charge in [-0.3, -0.25) is 4.57 Å². The van der Waals surface area contributed by atoms with E-state index in [0.717, 1.165) is 22.8 Å². The number of para-hydroxylation sites is 2. The van der Waals surface area contributed by atoms with Gasteiger partial charge in [-0.05, 0) is 35.7 Å². The lowest BCUT2D eigenvalue weighted by molar-refractivity contribution is 0.333. The number of aromatic nitrogens is 4. The largest absolute Gasteiger partial charge is 0.492 e. The van der Waals surface area contributed by atoms with Crippen molar-refractivity contribution in [2.24, 2.45) is 0 Å². The summed E-state index contributed by atoms with van der Waals surface area (Å²) in [5, 5.41) is 10.7. The fourth-order valence-corrected chi connectivity index (χ4v) is 3.80. The zero-order valence-electron chi connectivity index (χ0n) is 16.6. The molecular weight excluding hydrogens is 408 g/mol. The molecule has 0 bridgehead atoms. The van der Waals surface area contributed by atoms with E-state index >= 15 is 0 Å². The van der Waals surface area contributed by atoms with E-state index in [4.69, 9.17) is 9.72 Å². The Labute approximate surface area is 183 Å². The quantitative estimate of drug-likeness (QED) is 0.335. The lowest BCUT2D eigenvalue weighted by Gasteiger charge is -2.11. The van der Waals surface area contributed by atoms with Crippen LogP contribution in [-0.4, -0.2) is 32.7 Å². The standard InChI is InChI=1S/C23H20N6OS/c1-3-7-17(8-4-1)26-23-27-21(24-12-13-30-19-9-5-2-6-10-19)20-22(28-23)29(16-25-20)18-11-14-31-15-18/h1-11,14-16H,12-13H2,(H2,24,26,27,28). The van der Waals surface area contributed by atoms with Gasteiger partial charge in [-0.1, -0.05) is 36.4 Å². The van der Waals surface area contributed by atoms with Gasteiger partial charge in [0.05, 0.1) is 12.2 Å². The summed E-state index contributed by atoms with van der Waals surface area (Å²) in [5.41, 5.74) is 3.39. The van der Waals surface area contributed by atoms with Gasteiger partial charge in [0, 0.05) is 11.1 Å². The molecule has 3 aromatic heterocycles. The van der Waals surface area contributed by atoms with Crippen LogP contribution in [0.1, 0.15) is 0 Å². The maximum absolute atomic E-state index is 5.78. The van der Waals surface area contributed by atoms with Crippen molar-refractivity contribution in [3.05, 3.63) is 83.8 Å². The number of benzene rings is 2. The smallest absolute Gasteiger partial charge is 0.231 e. The van der Waals surface area contributed by atoms with Crippen molar-refractivity contribution in [3.63, 3.8) is 0 Å². The molecule has 0 atom stereocenters. The minimum Gasteiger partial charge on any atom is -0.492 e. The third kappa shape index (κ3) is 4.34. The number of nitrogens with one attached hydrogen (secondary N) is 2. The zero-order chi connectivity index (χ0) is 20.9. The summed E-state index contributed by atoms with van der Waals surface area (Å²) < 4.78 is 7.75. The minimum atomic E-state index is 0.502. The van der Waals surface area contributed by atoms with Crippen molar-refractivity contribution in [2.75, 3.05) is 23.8 Å². The number of thiophene rings is 1. The van der Waals surface area contributed by atoms with E-state index in [0.29, 0.717) is 30.4 Å². The van der Waals surface area contributed by atoms with Gasteiger partial charge in [0.15, 0.2) is 17.0 Å². The lowest BCUT2D eigenvalue weighted by atomic mass is 10.3. The SMILES string of the molecule is c1ccc(Nc2nc(NCCOc3ccccc3)c3ncn(-c4ccsc4)c3n2)cc1. The van der Waals surface area contributed by atoms with Gasteiger partial charge >= 0.3 is 0 Å². The van der Waals surface area contributed by atoms with Crippen molar-refractivity contribution >= 4 is 40.0 Å². The van der Waals surface area contributed by atoms with Crippen LogP contribution in [0.25, 0.3) is 16.9 Å². The normalized spacial score (nSPS) is 10.8. The predicted molar refractivity (Wildman–Crippen MR) is 125 cm³/mol. The van der Waals surface area contributed by atoms with Crippen LogP contribution >= 0.6 is 11.3 Å². The third-order valence-corrected chi connectivity index (χ3v) is 5.29. The fourth-order valence-electron chi connectivity index (χ4n) is 3.17. The molecule has 2 aromatic carbocycles. The highest BCUT2D eigenvalue weighted by Gasteiger charge is 2.15. The first kappa shape index (κ1) is 19.1. The van der Waals surface area contributed by atoms with E-state index in [-0.39, 0.29) is 0 Å². The highest BCUT2D eigenvalue weighted by Crippen LogP contribution is 2.25. The number of ether oxygens (including phenoxy) is 1. The molecule has 0 aliphatic carbocycles. The fraction of sp³-hybridized carbons (Fsp3) is 0.0870. The Morgan fingerprint density at radius 2 is 1.74 bits per heavy atom. The van der Waals surface area contributed by atoms with Crippen LogP contribution < -0.4 is 15.4 Å². The molecule has 7 nitrogen and oxygen atoms in total. The summed E-state index contributed by atoms with van der Waals surface area (Å²) in [6.45, 7) is 1.08. The van der Waals surface area contributed by atoms with Gasteiger partial charge in [0.2, 0.25) is 5.95 Å². The van der Waals surface area contributed by atoms with Crippen molar-refractivity contribution in [1.29, 1.82) is 0 Å². The first-order valence-corrected chi connectivity index (χ1v) is 10.8. The van der Waals surface area contributed by atoms with E-state index in [1.807, 2.05) is 76.7 Å². The molecule has 0 amide bonds. The Morgan fingerprint density at radius 1 is 0.935 bits per heavy atom. The van der Waals surface area contributed by atoms with Gasteiger partial charge < -0.3 is 15.4 Å². The van der Waals surface area contributed by atoms with Gasteiger partial charge in [0.1, 0.15) is 18.7 Å². The van der Waals surface area contributed by atoms with Crippen LogP contribution in [0.2, 0.25) is 0 Å². The first-order chi connectivity index (χ1) is 15.4. The molecule has 0 fully saturated rings. The maximum atomic E-state index is 5.78. The van der Waals surface area contributed by atoms with Gasteiger partial charge in [-0.15, -0.1) is 0 Å². The Kier molecular flexibility index (Phi) is 5.44. The molecule has 3 heterocycles. The molecule has 0 saturated carbocycles. The molecule has 0 spiro atoms. The summed E-state index contributed by atoms with van der Waals surface area (Å²) in [7, 11) is 0. The number of fused-ring (bicyclic) bond motifs is 1. The van der Waals surface area contributed by atoms with Gasteiger partial charge in [-0.2, -0.15) is 21.3 Å². The van der Waals surface area contributed by atoms with Gasteiger partial charge in [-0.25, -0.2) is 4.98 Å². The van der Waals surface area contributed by atoms with Crippen molar-refractivity contribution < 1.29 is 4.74 Å². The van der Waals surface area contributed by atoms with E-state index in [2.05, 4.69) is 26.0 Å². The summed E-state index contributed by atoms with van der Waals surface area (Å²) in [6.07, 6.45) is 1.78. The van der Waals surface area contributed by atoms with E-state index in [1.54, 1.807) is 17.7 Å². The number of imidazole rings is 1. The van der Waals surface area contributed by atoms with E-state index in [1.165, 1.54) is 0 Å². The Hall–Kier alpha value is -3.91. The topological polar surface area (TPSA) is 76.9 Å². The molecule has 0 saturated heterocycles. The van der Waals surface area contributed by atoms with Crippen molar-refractivity contribution in [1.82, 2.24) is 19.5 Å². The summed E-state index contributed by atoms with van der Waals surface area (Å²) in [4.78, 5) is 14.0. The monoisotopic (exact) mass is 428 g/mol. The highest BCUT2D eigenvalue weighted by molar-refractivity contribution is 7.08. The molecule has 0 aliphatic heterocycles. The van der Waals surface area contributed by atoms with Gasteiger partial charge in [0.25, 0.3) is 0 Å². The Bertz CT molecular complexity index is 1260. The van der Waals surface area contributed by atoms with Crippen LogP contribution in [-0.2, 0) is 0 Å². The number of hydrogen-bond acceptors (Lipinski definition) is 7. The van der Waals surface area contributed by atoms with Crippen LogP contribution in [0.4, 0.5) is 17.5 Å². The molecule has 0 unspecified atom stereocenters. The van der Waals surface area contributed by atoms with E-state index in [9.17, 15) is 0 Å². The molecule has 2 N–H and O–H groups in total. The average molecular weight is 429 g/mol. The molecule has 31 heavy (non-hydrogen) atoms. The van der Waals surface area contributed by atoms with Crippen LogP contribution in [0.15, 0.2) is 83.8 Å². The van der Waals surface area contributed by atoms with Crippen molar-refractivity contribution in [2.45, 2.75) is 0 Å². The Morgan fingerprint density at radius 3 is 2.52 bits per heavy atom. The average Bonchev–Trinajstić information content (AvgIpc) is 3.48. The van der Waals surface area contributed by atoms with Crippen LogP contribution in [0.3, 0.4) is 0 Å². The zero-order valence-corrected chi connectivity index (χ0v) is 17.4. The second-order valence-corrected chi connectivity index (χ2v) is 7.52. The molecule has 5 rings (SSSR count). The number of nitrogens with zero attached hydrogens (tertiary/aromatic N) is 4. The molecule has 0 aliphatic rings. The molecule has 0 radical (unpaired) electrons. The Balaban J connectivity index is 1.42. The second kappa shape index (κ2) is 8.85. The predicted octanol–water partition coefficient (Wildman–Crippen LogP) is 5.11. The van der Waals surface area contributed by atoms with Crippen LogP contribution in [0, 0.1) is 0 Å². The third-order valence-electron chi connectivity index (χ3n) is 4.62. The summed E-state index contributed by atoms with van der Waals surface area (Å²) in [5.74, 6) is 2.00. The summed E-state index contributed by atoms with van der Waals surface area (Å²) in [6, 6.07) is 21.7. The molecular formula is C23H20N6OS. The summed E-state index contributed by atoms with van der Waals surface area (Å²) >= 11 is 1.63. The minimum absolute atomic E-state index is 0.502. The van der Waals surface area contributed by atoms with Crippen molar-refractivity contribution in [3.8, 4) is 11.4 Å². The number of hydrogen-bond donors (Lipinski definition) is 2. The highest BCUT2D eigenvalue weighted by atomic mass is 32.1. The second-order valence-electron chi connectivity index (χ2n) is 6.74. The first-order valence-electron chi connectivity index (χ1n) is 9.88. The molecule has 154 valence electrons. The number of rotatable bonds is 8. The number of anilines is 3. The molecule has 8 heteroatoms. The van der Waals surface area contributed by atoms with Crippen LogP contribution in [0.5, 0.6) is 5.75 Å². The molecule has 5 aromatic rings. The maximum Gasteiger partial charge on any atom is 0.231 e. The van der Waals surface area contributed by atoms with E-state index < -0.39 is 0 Å².